The van der Waals surface area contributed by atoms with Gasteiger partial charge < -0.3 is 9.64 Å². The maximum atomic E-state index is 12.7. The number of rotatable bonds is 3. The van der Waals surface area contributed by atoms with Gasteiger partial charge in [-0.15, -0.1) is 0 Å². The van der Waals surface area contributed by atoms with Crippen LogP contribution in [0.5, 0.6) is 0 Å². The van der Waals surface area contributed by atoms with Crippen molar-refractivity contribution in [3.05, 3.63) is 28.0 Å². The minimum absolute atomic E-state index is 0.0520. The van der Waals surface area contributed by atoms with Crippen molar-refractivity contribution in [1.29, 1.82) is 0 Å². The van der Waals surface area contributed by atoms with Gasteiger partial charge >= 0.3 is 0 Å². The van der Waals surface area contributed by atoms with Crippen LogP contribution in [0.25, 0.3) is 0 Å². The van der Waals surface area contributed by atoms with Gasteiger partial charge in [-0.2, -0.15) is 0 Å². The molecule has 2 saturated heterocycles. The molecule has 3 heterocycles. The quantitative estimate of drug-likeness (QED) is 0.789. The molecule has 22 heavy (non-hydrogen) atoms. The Morgan fingerprint density at radius 2 is 1.91 bits per heavy atom. The van der Waals surface area contributed by atoms with Crippen molar-refractivity contribution >= 4 is 29.1 Å². The predicted molar refractivity (Wildman–Crippen MR) is 85.1 cm³/mol. The van der Waals surface area contributed by atoms with E-state index in [1.807, 2.05) is 17.0 Å². The summed E-state index contributed by atoms with van der Waals surface area (Å²) < 4.78 is 5.32. The van der Waals surface area contributed by atoms with Gasteiger partial charge in [0.05, 0.1) is 19.3 Å². The van der Waals surface area contributed by atoms with Gasteiger partial charge in [0.25, 0.3) is 0 Å². The van der Waals surface area contributed by atoms with Crippen LogP contribution < -0.4 is 0 Å². The average Bonchev–Trinajstić information content (AvgIpc) is 2.94. The van der Waals surface area contributed by atoms with Gasteiger partial charge in [0, 0.05) is 19.6 Å². The standard InChI is InChI=1S/C15H19Cl2N3O2/c16-13-8-11(9-14(17)18-13)10-20-3-1-2-12(20)15(21)19-4-6-22-7-5-19/h8-9,12H,1-7,10H2/t12-/m0/s1. The molecule has 120 valence electrons. The topological polar surface area (TPSA) is 45.7 Å². The minimum atomic E-state index is -0.0520. The van der Waals surface area contributed by atoms with Crippen LogP contribution in [0, 0.1) is 0 Å². The molecule has 1 amide bonds. The number of morpholine rings is 1. The number of hydrogen-bond donors (Lipinski definition) is 0. The van der Waals surface area contributed by atoms with Crippen LogP contribution in [0.3, 0.4) is 0 Å². The van der Waals surface area contributed by atoms with Crippen molar-refractivity contribution < 1.29 is 9.53 Å². The fraction of sp³-hybridized carbons (Fsp3) is 0.600. The number of amides is 1. The van der Waals surface area contributed by atoms with Crippen LogP contribution in [0.4, 0.5) is 0 Å². The van der Waals surface area contributed by atoms with Gasteiger partial charge in [0.1, 0.15) is 10.3 Å². The second-order valence-corrected chi connectivity index (χ2v) is 6.46. The Morgan fingerprint density at radius 3 is 2.59 bits per heavy atom. The molecule has 0 unspecified atom stereocenters. The Labute approximate surface area is 140 Å². The Kier molecular flexibility index (Phi) is 5.18. The first-order chi connectivity index (χ1) is 10.6. The van der Waals surface area contributed by atoms with Crippen molar-refractivity contribution in [3.63, 3.8) is 0 Å². The number of hydrogen-bond acceptors (Lipinski definition) is 4. The van der Waals surface area contributed by atoms with E-state index in [0.717, 1.165) is 24.9 Å². The van der Waals surface area contributed by atoms with Gasteiger partial charge in [-0.3, -0.25) is 9.69 Å². The fourth-order valence-electron chi connectivity index (χ4n) is 3.13. The number of pyridine rings is 1. The van der Waals surface area contributed by atoms with Crippen LogP contribution in [0.2, 0.25) is 10.3 Å². The Morgan fingerprint density at radius 1 is 1.23 bits per heavy atom. The number of nitrogens with zero attached hydrogens (tertiary/aromatic N) is 3. The second kappa shape index (κ2) is 7.13. The van der Waals surface area contributed by atoms with E-state index in [-0.39, 0.29) is 11.9 Å². The fourth-order valence-corrected chi connectivity index (χ4v) is 3.64. The van der Waals surface area contributed by atoms with E-state index in [1.165, 1.54) is 0 Å². The van der Waals surface area contributed by atoms with Gasteiger partial charge in [-0.1, -0.05) is 23.2 Å². The Bertz CT molecular complexity index is 529. The molecular formula is C15H19Cl2N3O2. The lowest BCUT2D eigenvalue weighted by Gasteiger charge is -2.32. The van der Waals surface area contributed by atoms with Gasteiger partial charge in [-0.05, 0) is 37.1 Å². The van der Waals surface area contributed by atoms with E-state index in [2.05, 4.69) is 9.88 Å². The molecule has 2 aliphatic heterocycles. The lowest BCUT2D eigenvalue weighted by molar-refractivity contribution is -0.140. The summed E-state index contributed by atoms with van der Waals surface area (Å²) in [5, 5.41) is 0.774. The maximum Gasteiger partial charge on any atom is 0.240 e. The molecule has 0 N–H and O–H groups in total. The first-order valence-corrected chi connectivity index (χ1v) is 8.31. The van der Waals surface area contributed by atoms with Crippen molar-refractivity contribution in [2.75, 3.05) is 32.8 Å². The van der Waals surface area contributed by atoms with E-state index in [1.54, 1.807) is 0 Å². The minimum Gasteiger partial charge on any atom is -0.378 e. The van der Waals surface area contributed by atoms with Crippen LogP contribution in [-0.2, 0) is 16.1 Å². The summed E-state index contributed by atoms with van der Waals surface area (Å²) in [5.41, 5.74) is 0.992. The van der Waals surface area contributed by atoms with Crippen LogP contribution in [0.15, 0.2) is 12.1 Å². The van der Waals surface area contributed by atoms with Crippen LogP contribution in [-0.4, -0.2) is 59.6 Å². The maximum absolute atomic E-state index is 12.7. The van der Waals surface area contributed by atoms with Crippen molar-refractivity contribution in [3.8, 4) is 0 Å². The number of carbonyl (C=O) groups is 1. The number of ether oxygens (including phenoxy) is 1. The predicted octanol–water partition coefficient (Wildman–Crippen LogP) is 2.21. The molecule has 0 radical (unpaired) electrons. The molecule has 2 aliphatic rings. The largest absolute Gasteiger partial charge is 0.378 e. The summed E-state index contributed by atoms with van der Waals surface area (Å²) in [4.78, 5) is 20.8. The van der Waals surface area contributed by atoms with E-state index in [9.17, 15) is 4.79 Å². The molecule has 2 fully saturated rings. The molecule has 0 aromatic carbocycles. The summed E-state index contributed by atoms with van der Waals surface area (Å²) in [6.07, 6.45) is 1.94. The molecule has 0 bridgehead atoms. The molecule has 0 spiro atoms. The molecule has 1 aromatic heterocycles. The monoisotopic (exact) mass is 343 g/mol. The lowest BCUT2D eigenvalue weighted by atomic mass is 10.1. The number of likely N-dealkylation sites (tertiary alicyclic amines) is 1. The van der Waals surface area contributed by atoms with Crippen molar-refractivity contribution in [2.24, 2.45) is 0 Å². The van der Waals surface area contributed by atoms with E-state index in [0.29, 0.717) is 43.2 Å². The van der Waals surface area contributed by atoms with Crippen LogP contribution >= 0.6 is 23.2 Å². The first kappa shape index (κ1) is 16.0. The highest BCUT2D eigenvalue weighted by atomic mass is 35.5. The Hall–Kier alpha value is -0.880. The van der Waals surface area contributed by atoms with Gasteiger partial charge in [0.15, 0.2) is 0 Å². The summed E-state index contributed by atoms with van der Waals surface area (Å²) in [5.74, 6) is 0.215. The molecule has 0 aliphatic carbocycles. The summed E-state index contributed by atoms with van der Waals surface area (Å²) >= 11 is 11.9. The lowest BCUT2D eigenvalue weighted by Crippen LogP contribution is -2.49. The van der Waals surface area contributed by atoms with E-state index in [4.69, 9.17) is 27.9 Å². The number of halogens is 2. The third-order valence-electron chi connectivity index (χ3n) is 4.18. The van der Waals surface area contributed by atoms with Crippen molar-refractivity contribution in [2.45, 2.75) is 25.4 Å². The molecule has 5 nitrogen and oxygen atoms in total. The van der Waals surface area contributed by atoms with E-state index < -0.39 is 0 Å². The first-order valence-electron chi connectivity index (χ1n) is 7.56. The average molecular weight is 344 g/mol. The highest BCUT2D eigenvalue weighted by molar-refractivity contribution is 6.32. The Balaban J connectivity index is 1.68. The van der Waals surface area contributed by atoms with Crippen molar-refractivity contribution in [1.82, 2.24) is 14.8 Å². The molecule has 7 heteroatoms. The normalized spacial score (nSPS) is 23.0. The molecule has 0 saturated carbocycles. The zero-order chi connectivity index (χ0) is 15.5. The summed E-state index contributed by atoms with van der Waals surface area (Å²) in [6, 6.07) is 3.56. The highest BCUT2D eigenvalue weighted by Crippen LogP contribution is 2.24. The van der Waals surface area contributed by atoms with Gasteiger partial charge in [0.2, 0.25) is 5.91 Å². The smallest absolute Gasteiger partial charge is 0.240 e. The number of carbonyl (C=O) groups excluding carboxylic acids is 1. The second-order valence-electron chi connectivity index (χ2n) is 5.69. The highest BCUT2D eigenvalue weighted by Gasteiger charge is 2.34. The zero-order valence-electron chi connectivity index (χ0n) is 12.3. The zero-order valence-corrected chi connectivity index (χ0v) is 13.8. The third kappa shape index (κ3) is 3.71. The summed E-state index contributed by atoms with van der Waals surface area (Å²) in [7, 11) is 0. The number of aromatic nitrogens is 1. The van der Waals surface area contributed by atoms with Crippen LogP contribution in [0.1, 0.15) is 18.4 Å². The molecule has 1 aromatic rings. The van der Waals surface area contributed by atoms with E-state index >= 15 is 0 Å². The molecular weight excluding hydrogens is 325 g/mol. The summed E-state index contributed by atoms with van der Waals surface area (Å²) in [6.45, 7) is 4.23. The SMILES string of the molecule is O=C([C@@H]1CCCN1Cc1cc(Cl)nc(Cl)c1)N1CCOCC1. The van der Waals surface area contributed by atoms with Gasteiger partial charge in [-0.25, -0.2) is 4.98 Å². The molecule has 3 rings (SSSR count). The molecule has 1 atom stereocenters. The third-order valence-corrected chi connectivity index (χ3v) is 4.57.